The lowest BCUT2D eigenvalue weighted by molar-refractivity contribution is 0.0949. The number of carbonyl (C=O) groups is 1. The second kappa shape index (κ2) is 7.69. The molecule has 0 aliphatic carbocycles. The molecule has 1 aromatic rings. The Labute approximate surface area is 132 Å². The number of hydrogen-bond acceptors (Lipinski definition) is 4. The van der Waals surface area contributed by atoms with Crippen LogP contribution >= 0.6 is 11.8 Å². The Bertz CT molecular complexity index is 483. The van der Waals surface area contributed by atoms with Crippen LogP contribution in [0.25, 0.3) is 0 Å². The fraction of sp³-hybridized carbons (Fsp3) is 0.625. The summed E-state index contributed by atoms with van der Waals surface area (Å²) in [5.74, 6) is 2.21. The molecule has 0 saturated heterocycles. The number of nitrogens with zero attached hydrogens (tertiary/aromatic N) is 1. The highest BCUT2D eigenvalue weighted by Gasteiger charge is 2.19. The van der Waals surface area contributed by atoms with Gasteiger partial charge in [0, 0.05) is 30.3 Å². The van der Waals surface area contributed by atoms with Gasteiger partial charge in [0.15, 0.2) is 0 Å². The second-order valence-corrected chi connectivity index (χ2v) is 7.31. The fourth-order valence-corrected chi connectivity index (χ4v) is 2.57. The van der Waals surface area contributed by atoms with Crippen LogP contribution in [0.4, 0.5) is 5.82 Å². The molecular weight excluding hydrogens is 282 g/mol. The summed E-state index contributed by atoms with van der Waals surface area (Å²) in [5.41, 5.74) is 1.49. The van der Waals surface area contributed by atoms with Crippen LogP contribution < -0.4 is 10.6 Å². The average molecular weight is 309 g/mol. The highest BCUT2D eigenvalue weighted by atomic mass is 32.2. The van der Waals surface area contributed by atoms with Gasteiger partial charge in [-0.05, 0) is 30.1 Å². The molecule has 0 radical (unpaired) electrons. The Morgan fingerprint density at radius 2 is 2.05 bits per heavy atom. The zero-order valence-corrected chi connectivity index (χ0v) is 14.7. The normalized spacial score (nSPS) is 12.9. The summed E-state index contributed by atoms with van der Waals surface area (Å²) in [5, 5.41) is 6.03. The molecule has 4 nitrogen and oxygen atoms in total. The highest BCUT2D eigenvalue weighted by molar-refractivity contribution is 7.98. The van der Waals surface area contributed by atoms with Gasteiger partial charge in [-0.2, -0.15) is 11.8 Å². The largest absolute Gasteiger partial charge is 0.373 e. The number of anilines is 1. The van der Waals surface area contributed by atoms with Crippen molar-refractivity contribution in [1.29, 1.82) is 0 Å². The van der Waals surface area contributed by atoms with E-state index in [1.807, 2.05) is 13.1 Å². The van der Waals surface area contributed by atoms with E-state index in [2.05, 4.69) is 49.6 Å². The number of amides is 1. The van der Waals surface area contributed by atoms with Crippen LogP contribution in [0, 0.1) is 5.92 Å². The van der Waals surface area contributed by atoms with Crippen LogP contribution in [0.15, 0.2) is 12.1 Å². The quantitative estimate of drug-likeness (QED) is 0.847. The van der Waals surface area contributed by atoms with Crippen LogP contribution in [-0.2, 0) is 5.41 Å². The fourth-order valence-electron chi connectivity index (χ4n) is 1.89. The van der Waals surface area contributed by atoms with Crippen molar-refractivity contribution in [1.82, 2.24) is 10.3 Å². The SMILES string of the molecule is CNc1cc(C(=O)NCC(C)CSC)cc(C(C)(C)C)n1. The van der Waals surface area contributed by atoms with E-state index in [9.17, 15) is 4.79 Å². The molecule has 2 N–H and O–H groups in total. The molecule has 0 aromatic carbocycles. The average Bonchev–Trinajstić information content (AvgIpc) is 2.43. The van der Waals surface area contributed by atoms with Gasteiger partial charge in [0.1, 0.15) is 5.82 Å². The molecule has 0 aliphatic rings. The lowest BCUT2D eigenvalue weighted by Crippen LogP contribution is -2.29. The molecule has 118 valence electrons. The van der Waals surface area contributed by atoms with Crippen molar-refractivity contribution in [2.24, 2.45) is 5.92 Å². The molecule has 0 bridgehead atoms. The molecule has 1 rings (SSSR count). The first-order valence-electron chi connectivity index (χ1n) is 7.25. The van der Waals surface area contributed by atoms with Gasteiger partial charge in [0.05, 0.1) is 0 Å². The number of aromatic nitrogens is 1. The van der Waals surface area contributed by atoms with Crippen LogP contribution in [0.5, 0.6) is 0 Å². The number of hydrogen-bond donors (Lipinski definition) is 2. The van der Waals surface area contributed by atoms with Crippen LogP contribution in [-0.4, -0.2) is 36.5 Å². The Morgan fingerprint density at radius 3 is 2.57 bits per heavy atom. The first kappa shape index (κ1) is 17.8. The third kappa shape index (κ3) is 5.58. The minimum atomic E-state index is -0.0893. The van der Waals surface area contributed by atoms with E-state index in [0.29, 0.717) is 18.0 Å². The van der Waals surface area contributed by atoms with Gasteiger partial charge in [-0.15, -0.1) is 0 Å². The smallest absolute Gasteiger partial charge is 0.251 e. The maximum atomic E-state index is 12.3. The van der Waals surface area contributed by atoms with Crippen molar-refractivity contribution in [3.8, 4) is 0 Å². The van der Waals surface area contributed by atoms with Crippen molar-refractivity contribution >= 4 is 23.5 Å². The van der Waals surface area contributed by atoms with E-state index in [1.165, 1.54) is 0 Å². The Balaban J connectivity index is 2.88. The molecule has 1 aromatic heterocycles. The summed E-state index contributed by atoms with van der Waals surface area (Å²) in [6.45, 7) is 9.12. The van der Waals surface area contributed by atoms with Gasteiger partial charge < -0.3 is 10.6 Å². The molecular formula is C16H27N3OS. The number of carbonyl (C=O) groups excluding carboxylic acids is 1. The number of thioether (sulfide) groups is 1. The van der Waals surface area contributed by atoms with Crippen molar-refractivity contribution in [2.45, 2.75) is 33.1 Å². The minimum absolute atomic E-state index is 0.0349. The molecule has 0 fully saturated rings. The molecule has 21 heavy (non-hydrogen) atoms. The topological polar surface area (TPSA) is 54.0 Å². The molecule has 0 aliphatic heterocycles. The monoisotopic (exact) mass is 309 g/mol. The van der Waals surface area contributed by atoms with E-state index in [-0.39, 0.29) is 11.3 Å². The van der Waals surface area contributed by atoms with Crippen LogP contribution in [0.2, 0.25) is 0 Å². The molecule has 1 atom stereocenters. The number of pyridine rings is 1. The number of nitrogens with one attached hydrogen (secondary N) is 2. The van der Waals surface area contributed by atoms with E-state index >= 15 is 0 Å². The summed E-state index contributed by atoms with van der Waals surface area (Å²) in [4.78, 5) is 16.9. The summed E-state index contributed by atoms with van der Waals surface area (Å²) >= 11 is 1.80. The molecule has 0 saturated carbocycles. The Kier molecular flexibility index (Phi) is 6.52. The lowest BCUT2D eigenvalue weighted by atomic mass is 9.90. The highest BCUT2D eigenvalue weighted by Crippen LogP contribution is 2.23. The Hall–Kier alpha value is -1.23. The van der Waals surface area contributed by atoms with Crippen molar-refractivity contribution in [3.05, 3.63) is 23.4 Å². The molecule has 1 unspecified atom stereocenters. The van der Waals surface area contributed by atoms with Gasteiger partial charge in [-0.25, -0.2) is 4.98 Å². The third-order valence-corrected chi connectivity index (χ3v) is 4.08. The van der Waals surface area contributed by atoms with E-state index < -0.39 is 0 Å². The maximum absolute atomic E-state index is 12.3. The van der Waals surface area contributed by atoms with Crippen molar-refractivity contribution < 1.29 is 4.79 Å². The summed E-state index contributed by atoms with van der Waals surface area (Å²) in [6.07, 6.45) is 2.08. The van der Waals surface area contributed by atoms with E-state index in [4.69, 9.17) is 0 Å². The summed E-state index contributed by atoms with van der Waals surface area (Å²) < 4.78 is 0. The predicted molar refractivity (Wildman–Crippen MR) is 92.4 cm³/mol. The molecule has 1 amide bonds. The van der Waals surface area contributed by atoms with Gasteiger partial charge >= 0.3 is 0 Å². The van der Waals surface area contributed by atoms with Gasteiger partial charge in [-0.3, -0.25) is 4.79 Å². The van der Waals surface area contributed by atoms with Crippen LogP contribution in [0.1, 0.15) is 43.7 Å². The maximum Gasteiger partial charge on any atom is 0.251 e. The number of rotatable bonds is 6. The predicted octanol–water partition coefficient (Wildman–Crippen LogP) is 3.15. The molecule has 5 heteroatoms. The van der Waals surface area contributed by atoms with Gasteiger partial charge in [0.2, 0.25) is 0 Å². The minimum Gasteiger partial charge on any atom is -0.373 e. The van der Waals surface area contributed by atoms with Crippen molar-refractivity contribution in [3.63, 3.8) is 0 Å². The first-order valence-corrected chi connectivity index (χ1v) is 8.64. The summed E-state index contributed by atoms with van der Waals surface area (Å²) in [7, 11) is 1.82. The zero-order chi connectivity index (χ0) is 16.0. The van der Waals surface area contributed by atoms with E-state index in [0.717, 1.165) is 17.3 Å². The first-order chi connectivity index (χ1) is 9.77. The third-order valence-electron chi connectivity index (χ3n) is 3.17. The second-order valence-electron chi connectivity index (χ2n) is 6.40. The zero-order valence-electron chi connectivity index (χ0n) is 13.9. The van der Waals surface area contributed by atoms with Gasteiger partial charge in [-0.1, -0.05) is 27.7 Å². The lowest BCUT2D eigenvalue weighted by Gasteiger charge is -2.20. The molecule has 1 heterocycles. The van der Waals surface area contributed by atoms with Crippen LogP contribution in [0.3, 0.4) is 0 Å². The van der Waals surface area contributed by atoms with Gasteiger partial charge in [0.25, 0.3) is 5.91 Å². The standard InChI is InChI=1S/C16H27N3OS/c1-11(10-21-6)9-18-15(20)12-7-13(16(2,3)4)19-14(8-12)17-5/h7-8,11H,9-10H2,1-6H3,(H,17,19)(H,18,20). The summed E-state index contributed by atoms with van der Waals surface area (Å²) in [6, 6.07) is 3.68. The Morgan fingerprint density at radius 1 is 1.38 bits per heavy atom. The molecule has 0 spiro atoms. The van der Waals surface area contributed by atoms with Crippen molar-refractivity contribution in [2.75, 3.05) is 30.9 Å². The van der Waals surface area contributed by atoms with E-state index in [1.54, 1.807) is 17.8 Å².